The molecule has 1 N–H and O–H groups in total. The predicted molar refractivity (Wildman–Crippen MR) is 79.0 cm³/mol. The summed E-state index contributed by atoms with van der Waals surface area (Å²) in [5, 5.41) is 9.25. The lowest BCUT2D eigenvalue weighted by molar-refractivity contribution is -0.149. The van der Waals surface area contributed by atoms with Gasteiger partial charge in [-0.2, -0.15) is 0 Å². The third-order valence-corrected chi connectivity index (χ3v) is 4.03. The molecule has 1 fully saturated rings. The molecule has 0 aromatic carbocycles. The molecule has 1 heterocycles. The predicted octanol–water partition coefficient (Wildman–Crippen LogP) is 2.21. The maximum atomic E-state index is 13.3. The van der Waals surface area contributed by atoms with Crippen LogP contribution < -0.4 is 0 Å². The largest absolute Gasteiger partial charge is 0.480 e. The van der Waals surface area contributed by atoms with E-state index in [1.807, 2.05) is 6.92 Å². The average Bonchev–Trinajstić information content (AvgIpc) is 2.41. The molecule has 0 radical (unpaired) electrons. The number of carboxylic acid groups (broad SMARTS) is 1. The van der Waals surface area contributed by atoms with E-state index in [1.54, 1.807) is 4.90 Å². The Morgan fingerprint density at radius 1 is 1.41 bits per heavy atom. The van der Waals surface area contributed by atoms with Gasteiger partial charge in [0.15, 0.2) is 0 Å². The van der Waals surface area contributed by atoms with Crippen LogP contribution in [0.15, 0.2) is 0 Å². The van der Waals surface area contributed by atoms with Gasteiger partial charge in [0.25, 0.3) is 5.92 Å². The summed E-state index contributed by atoms with van der Waals surface area (Å²) in [6.45, 7) is 2.67. The second kappa shape index (κ2) is 8.41. The summed E-state index contributed by atoms with van der Waals surface area (Å²) in [7, 11) is 1.49. The standard InChI is InChI=1S/C15H26F2N2O3/c1-3-6-13(20)18(2)12(14(21)22)7-4-9-19-10-5-8-15(16,17)11-19/h12H,3-11H2,1-2H3,(H,21,22)/t12-/m0/s1. The molecule has 0 saturated carbocycles. The molecule has 1 rings (SSSR count). The molecule has 5 nitrogen and oxygen atoms in total. The van der Waals surface area contributed by atoms with E-state index in [9.17, 15) is 23.5 Å². The molecular weight excluding hydrogens is 294 g/mol. The Morgan fingerprint density at radius 3 is 2.64 bits per heavy atom. The van der Waals surface area contributed by atoms with Gasteiger partial charge in [0.2, 0.25) is 5.91 Å². The molecule has 0 aromatic heterocycles. The van der Waals surface area contributed by atoms with Crippen molar-refractivity contribution in [1.29, 1.82) is 0 Å². The number of hydrogen-bond donors (Lipinski definition) is 1. The Morgan fingerprint density at radius 2 is 2.09 bits per heavy atom. The Kier molecular flexibility index (Phi) is 7.19. The number of aliphatic carboxylic acids is 1. The zero-order valence-corrected chi connectivity index (χ0v) is 13.4. The number of likely N-dealkylation sites (N-methyl/N-ethyl adjacent to an activating group) is 1. The molecule has 1 amide bonds. The molecule has 0 unspecified atom stereocenters. The molecule has 0 aliphatic carbocycles. The zero-order chi connectivity index (χ0) is 16.8. The van der Waals surface area contributed by atoms with Crippen molar-refractivity contribution in [2.24, 2.45) is 0 Å². The van der Waals surface area contributed by atoms with Gasteiger partial charge >= 0.3 is 5.97 Å². The average molecular weight is 320 g/mol. The van der Waals surface area contributed by atoms with Crippen molar-refractivity contribution in [3.8, 4) is 0 Å². The number of nitrogens with zero attached hydrogens (tertiary/aromatic N) is 2. The van der Waals surface area contributed by atoms with Gasteiger partial charge in [0, 0.05) is 19.9 Å². The van der Waals surface area contributed by atoms with Gasteiger partial charge in [-0.15, -0.1) is 0 Å². The SMILES string of the molecule is CCCC(=O)N(C)[C@@H](CCCN1CCCC(F)(F)C1)C(=O)O. The van der Waals surface area contributed by atoms with Gasteiger partial charge in [0.1, 0.15) is 6.04 Å². The maximum Gasteiger partial charge on any atom is 0.326 e. The molecule has 1 atom stereocenters. The zero-order valence-electron chi connectivity index (χ0n) is 13.4. The van der Waals surface area contributed by atoms with Crippen molar-refractivity contribution < 1.29 is 23.5 Å². The van der Waals surface area contributed by atoms with E-state index in [2.05, 4.69) is 0 Å². The third-order valence-electron chi connectivity index (χ3n) is 4.03. The number of amides is 1. The Hall–Kier alpha value is -1.24. The summed E-state index contributed by atoms with van der Waals surface area (Å²) in [6, 6.07) is -0.885. The van der Waals surface area contributed by atoms with Crippen LogP contribution in [0.25, 0.3) is 0 Å². The number of alkyl halides is 2. The summed E-state index contributed by atoms with van der Waals surface area (Å²) < 4.78 is 26.6. The number of piperidine rings is 1. The fourth-order valence-electron chi connectivity index (χ4n) is 2.79. The normalized spacial score (nSPS) is 19.6. The van der Waals surface area contributed by atoms with Gasteiger partial charge in [-0.3, -0.25) is 9.69 Å². The van der Waals surface area contributed by atoms with Crippen LogP contribution in [0.4, 0.5) is 8.78 Å². The minimum absolute atomic E-state index is 0.0739. The lowest BCUT2D eigenvalue weighted by Crippen LogP contribution is -2.44. The van der Waals surface area contributed by atoms with Crippen molar-refractivity contribution >= 4 is 11.9 Å². The number of carboxylic acids is 1. The highest BCUT2D eigenvalue weighted by Crippen LogP contribution is 2.26. The number of carbonyl (C=O) groups is 2. The Labute approximate surface area is 130 Å². The van der Waals surface area contributed by atoms with Gasteiger partial charge in [0.05, 0.1) is 6.54 Å². The van der Waals surface area contributed by atoms with Gasteiger partial charge < -0.3 is 10.0 Å². The van der Waals surface area contributed by atoms with E-state index < -0.39 is 17.9 Å². The van der Waals surface area contributed by atoms with Crippen molar-refractivity contribution in [2.75, 3.05) is 26.7 Å². The first-order valence-corrected chi connectivity index (χ1v) is 7.85. The van der Waals surface area contributed by atoms with Crippen LogP contribution in [-0.2, 0) is 9.59 Å². The fraction of sp³-hybridized carbons (Fsp3) is 0.867. The van der Waals surface area contributed by atoms with Crippen molar-refractivity contribution in [3.63, 3.8) is 0 Å². The smallest absolute Gasteiger partial charge is 0.326 e. The molecule has 0 aromatic rings. The molecule has 128 valence electrons. The van der Waals surface area contributed by atoms with Crippen LogP contribution in [0.3, 0.4) is 0 Å². The molecule has 1 saturated heterocycles. The van der Waals surface area contributed by atoms with Crippen molar-refractivity contribution in [2.45, 2.75) is 57.4 Å². The summed E-state index contributed by atoms with van der Waals surface area (Å²) >= 11 is 0. The van der Waals surface area contributed by atoms with Crippen LogP contribution >= 0.6 is 0 Å². The molecule has 1 aliphatic rings. The molecule has 0 spiro atoms. The van der Waals surface area contributed by atoms with E-state index in [4.69, 9.17) is 0 Å². The number of halogens is 2. The van der Waals surface area contributed by atoms with Gasteiger partial charge in [-0.25, -0.2) is 13.6 Å². The van der Waals surface area contributed by atoms with E-state index >= 15 is 0 Å². The van der Waals surface area contributed by atoms with Crippen LogP contribution in [0, 0.1) is 0 Å². The Balaban J connectivity index is 2.44. The highest BCUT2D eigenvalue weighted by Gasteiger charge is 2.35. The first-order valence-electron chi connectivity index (χ1n) is 7.85. The highest BCUT2D eigenvalue weighted by molar-refractivity contribution is 5.83. The van der Waals surface area contributed by atoms with E-state index in [1.165, 1.54) is 11.9 Å². The molecular formula is C15H26F2N2O3. The lowest BCUT2D eigenvalue weighted by atomic mass is 10.1. The van der Waals surface area contributed by atoms with Crippen molar-refractivity contribution in [1.82, 2.24) is 9.80 Å². The quantitative estimate of drug-likeness (QED) is 0.745. The van der Waals surface area contributed by atoms with E-state index in [0.29, 0.717) is 38.8 Å². The first kappa shape index (κ1) is 18.8. The second-order valence-electron chi connectivity index (χ2n) is 5.99. The van der Waals surface area contributed by atoms with E-state index in [-0.39, 0.29) is 25.3 Å². The lowest BCUT2D eigenvalue weighted by Gasteiger charge is -2.33. The van der Waals surface area contributed by atoms with Gasteiger partial charge in [-0.1, -0.05) is 6.92 Å². The number of rotatable bonds is 8. The monoisotopic (exact) mass is 320 g/mol. The summed E-state index contributed by atoms with van der Waals surface area (Å²) in [5.74, 6) is -3.88. The van der Waals surface area contributed by atoms with Gasteiger partial charge in [-0.05, 0) is 38.8 Å². The Bertz CT molecular complexity index is 391. The minimum atomic E-state index is -2.64. The summed E-state index contributed by atoms with van der Waals surface area (Å²) in [4.78, 5) is 26.0. The molecule has 1 aliphatic heterocycles. The van der Waals surface area contributed by atoms with Crippen LogP contribution in [0.5, 0.6) is 0 Å². The maximum absolute atomic E-state index is 13.3. The highest BCUT2D eigenvalue weighted by atomic mass is 19.3. The minimum Gasteiger partial charge on any atom is -0.480 e. The number of likely N-dealkylation sites (tertiary alicyclic amines) is 1. The molecule has 22 heavy (non-hydrogen) atoms. The second-order valence-corrected chi connectivity index (χ2v) is 5.99. The first-order chi connectivity index (χ1) is 10.3. The van der Waals surface area contributed by atoms with E-state index in [0.717, 1.165) is 0 Å². The summed E-state index contributed by atoms with van der Waals surface area (Å²) in [5.41, 5.74) is 0. The van der Waals surface area contributed by atoms with Crippen molar-refractivity contribution in [3.05, 3.63) is 0 Å². The van der Waals surface area contributed by atoms with Crippen LogP contribution in [0.2, 0.25) is 0 Å². The third kappa shape index (κ3) is 5.87. The topological polar surface area (TPSA) is 60.9 Å². The van der Waals surface area contributed by atoms with Crippen LogP contribution in [-0.4, -0.2) is 65.4 Å². The molecule has 0 bridgehead atoms. The van der Waals surface area contributed by atoms with Crippen LogP contribution in [0.1, 0.15) is 45.4 Å². The summed E-state index contributed by atoms with van der Waals surface area (Å²) in [6.07, 6.45) is 2.14. The fourth-order valence-corrected chi connectivity index (χ4v) is 2.79. The number of carbonyl (C=O) groups excluding carboxylic acids is 1. The molecule has 7 heteroatoms. The number of hydrogen-bond acceptors (Lipinski definition) is 3.